The highest BCUT2D eigenvalue weighted by atomic mass is 16.7. The summed E-state index contributed by atoms with van der Waals surface area (Å²) >= 11 is 0. The number of oxime groups is 1. The summed E-state index contributed by atoms with van der Waals surface area (Å²) in [5, 5.41) is 6.52. The third-order valence-corrected chi connectivity index (χ3v) is 7.88. The maximum atomic E-state index is 13.3. The second-order valence-electron chi connectivity index (χ2n) is 10.7. The molecule has 0 aliphatic heterocycles. The summed E-state index contributed by atoms with van der Waals surface area (Å²) in [6.07, 6.45) is 15.1. The number of allylic oxidation sites excluding steroid dienone is 4. The van der Waals surface area contributed by atoms with Crippen molar-refractivity contribution < 1.29 is 14.4 Å². The van der Waals surface area contributed by atoms with Gasteiger partial charge in [0, 0.05) is 45.4 Å². The maximum Gasteiger partial charge on any atom is 0.365 e. The van der Waals surface area contributed by atoms with E-state index in [1.165, 1.54) is 19.3 Å². The fourth-order valence-corrected chi connectivity index (χ4v) is 5.63. The van der Waals surface area contributed by atoms with Gasteiger partial charge in [-0.15, -0.1) is 0 Å². The van der Waals surface area contributed by atoms with Crippen LogP contribution in [0.15, 0.2) is 96.2 Å². The second-order valence-corrected chi connectivity index (χ2v) is 10.7. The lowest BCUT2D eigenvalue weighted by Gasteiger charge is -2.12. The van der Waals surface area contributed by atoms with Gasteiger partial charge in [-0.05, 0) is 68.7 Å². The van der Waals surface area contributed by atoms with Gasteiger partial charge in [0.25, 0.3) is 0 Å². The summed E-state index contributed by atoms with van der Waals surface area (Å²) in [7, 11) is 0. The van der Waals surface area contributed by atoms with Crippen LogP contribution in [0.4, 0.5) is 0 Å². The first kappa shape index (κ1) is 28.3. The van der Waals surface area contributed by atoms with E-state index in [-0.39, 0.29) is 11.7 Å². The number of rotatable bonds is 12. The molecule has 0 saturated carbocycles. The second kappa shape index (κ2) is 13.4. The number of ketones is 1. The molecule has 1 aliphatic rings. The first-order valence-electron chi connectivity index (χ1n) is 14.9. The highest BCUT2D eigenvalue weighted by molar-refractivity contribution is 6.14. The molecule has 0 saturated heterocycles. The van der Waals surface area contributed by atoms with E-state index in [4.69, 9.17) is 4.84 Å². The topological polar surface area (TPSA) is 60.7 Å². The summed E-state index contributed by atoms with van der Waals surface area (Å²) in [5.41, 5.74) is 5.10. The number of carbonyl (C=O) groups is 2. The van der Waals surface area contributed by atoms with Crippen molar-refractivity contribution in [1.82, 2.24) is 4.57 Å². The van der Waals surface area contributed by atoms with Crippen LogP contribution in [0.1, 0.15) is 85.1 Å². The molecule has 5 rings (SSSR count). The van der Waals surface area contributed by atoms with Gasteiger partial charge in [0.2, 0.25) is 0 Å². The van der Waals surface area contributed by atoms with Gasteiger partial charge in [-0.2, -0.15) is 0 Å². The molecule has 1 aliphatic carbocycles. The van der Waals surface area contributed by atoms with E-state index in [2.05, 4.69) is 47.8 Å². The van der Waals surface area contributed by atoms with Gasteiger partial charge in [-0.1, -0.05) is 86.3 Å². The fourth-order valence-electron chi connectivity index (χ4n) is 5.63. The summed E-state index contributed by atoms with van der Waals surface area (Å²) in [6.45, 7) is 5.16. The predicted octanol–water partition coefficient (Wildman–Crippen LogP) is 9.05. The minimum atomic E-state index is -0.465. The number of fused-ring (bicyclic) bond motifs is 3. The van der Waals surface area contributed by atoms with Crippen molar-refractivity contribution in [3.05, 3.63) is 108 Å². The smallest absolute Gasteiger partial charge is 0.341 e. The molecule has 3 aromatic carbocycles. The van der Waals surface area contributed by atoms with Crippen LogP contribution in [0.5, 0.6) is 0 Å². The zero-order chi connectivity index (χ0) is 28.6. The van der Waals surface area contributed by atoms with Crippen molar-refractivity contribution >= 4 is 39.3 Å². The molecule has 0 bridgehead atoms. The van der Waals surface area contributed by atoms with Crippen molar-refractivity contribution in [2.45, 2.75) is 65.3 Å². The first-order chi connectivity index (χ1) is 20.1. The number of carbonyl (C=O) groups excluding carboxylic acids is 2. The summed E-state index contributed by atoms with van der Waals surface area (Å²) < 4.78 is 2.28. The molecule has 5 heteroatoms. The van der Waals surface area contributed by atoms with E-state index in [0.717, 1.165) is 70.9 Å². The fraction of sp³-hybridized carbons (Fsp3) is 0.306. The van der Waals surface area contributed by atoms with Crippen LogP contribution in [-0.4, -0.2) is 22.0 Å². The van der Waals surface area contributed by atoms with Gasteiger partial charge in [0.1, 0.15) is 0 Å². The van der Waals surface area contributed by atoms with Crippen molar-refractivity contribution in [2.24, 2.45) is 11.1 Å². The Morgan fingerprint density at radius 1 is 0.829 bits per heavy atom. The average molecular weight is 547 g/mol. The zero-order valence-electron chi connectivity index (χ0n) is 24.0. The lowest BCUT2D eigenvalue weighted by atomic mass is 9.91. The van der Waals surface area contributed by atoms with E-state index < -0.39 is 5.97 Å². The highest BCUT2D eigenvalue weighted by Crippen LogP contribution is 2.32. The molecule has 4 aromatic rings. The lowest BCUT2D eigenvalue weighted by molar-refractivity contribution is 0.0515. The quantitative estimate of drug-likeness (QED) is 0.0585. The molecule has 0 amide bonds. The molecule has 0 fully saturated rings. The molecular weight excluding hydrogens is 508 g/mol. The Hall–Kier alpha value is -4.25. The monoisotopic (exact) mass is 546 g/mol. The SMILES string of the molecule is CCCCCCC/C(=N\OC(=O)c1ccccc1)c1ccc2c(c1)c1cc(C(=O)C3C=CC=CC3)ccc1n2CC. The first-order valence-corrected chi connectivity index (χ1v) is 14.9. The van der Waals surface area contributed by atoms with Crippen LogP contribution in [0.25, 0.3) is 21.8 Å². The molecule has 1 aromatic heterocycles. The van der Waals surface area contributed by atoms with E-state index in [1.807, 2.05) is 54.6 Å². The minimum absolute atomic E-state index is 0.127. The van der Waals surface area contributed by atoms with E-state index in [0.29, 0.717) is 5.56 Å². The number of benzene rings is 3. The molecular formula is C36H38N2O3. The Morgan fingerprint density at radius 3 is 2.22 bits per heavy atom. The summed E-state index contributed by atoms with van der Waals surface area (Å²) in [4.78, 5) is 31.5. The number of Topliss-reactive ketones (excluding diaryl/α,β-unsaturated/α-hetero) is 1. The zero-order valence-corrected chi connectivity index (χ0v) is 24.0. The summed E-state index contributed by atoms with van der Waals surface area (Å²) in [6, 6.07) is 21.3. The van der Waals surface area contributed by atoms with Crippen LogP contribution >= 0.6 is 0 Å². The maximum absolute atomic E-state index is 13.3. The van der Waals surface area contributed by atoms with Crippen molar-refractivity contribution in [1.29, 1.82) is 0 Å². The van der Waals surface area contributed by atoms with E-state index in [1.54, 1.807) is 12.1 Å². The number of unbranched alkanes of at least 4 members (excludes halogenated alkanes) is 4. The van der Waals surface area contributed by atoms with Crippen LogP contribution in [0.2, 0.25) is 0 Å². The molecule has 1 heterocycles. The molecule has 1 unspecified atom stereocenters. The Morgan fingerprint density at radius 2 is 1.54 bits per heavy atom. The Labute approximate surface area is 242 Å². The van der Waals surface area contributed by atoms with Crippen molar-refractivity contribution in [3.63, 3.8) is 0 Å². The third-order valence-electron chi connectivity index (χ3n) is 7.88. The van der Waals surface area contributed by atoms with Gasteiger partial charge in [0.05, 0.1) is 11.3 Å². The third kappa shape index (κ3) is 6.40. The number of hydrogen-bond donors (Lipinski definition) is 0. The van der Waals surface area contributed by atoms with Crippen molar-refractivity contribution in [3.8, 4) is 0 Å². The number of aromatic nitrogens is 1. The van der Waals surface area contributed by atoms with Gasteiger partial charge in [-0.3, -0.25) is 4.79 Å². The Balaban J connectivity index is 1.51. The summed E-state index contributed by atoms with van der Waals surface area (Å²) in [5.74, 6) is -0.450. The van der Waals surface area contributed by atoms with Gasteiger partial charge >= 0.3 is 5.97 Å². The van der Waals surface area contributed by atoms with Crippen LogP contribution in [0, 0.1) is 5.92 Å². The molecule has 1 atom stereocenters. The predicted molar refractivity (Wildman–Crippen MR) is 168 cm³/mol. The number of nitrogens with zero attached hydrogens (tertiary/aromatic N) is 2. The molecule has 0 N–H and O–H groups in total. The highest BCUT2D eigenvalue weighted by Gasteiger charge is 2.20. The standard InChI is InChI=1S/C36H38N2O3/c1-3-5-6-7-14-19-32(37-41-36(40)27-17-12-9-13-18-27)28-20-22-33-30(24-28)31-25-29(21-23-34(31)38(33)4-2)35(39)26-15-10-8-11-16-26/h8-13,15,17-18,20-26H,3-7,14,16,19H2,1-2H3/b37-32+. The van der Waals surface area contributed by atoms with Crippen LogP contribution in [0.3, 0.4) is 0 Å². The van der Waals surface area contributed by atoms with Gasteiger partial charge in [-0.25, -0.2) is 4.79 Å². The Bertz CT molecular complexity index is 1630. The van der Waals surface area contributed by atoms with E-state index >= 15 is 0 Å². The van der Waals surface area contributed by atoms with Crippen LogP contribution in [-0.2, 0) is 11.4 Å². The van der Waals surface area contributed by atoms with E-state index in [9.17, 15) is 9.59 Å². The minimum Gasteiger partial charge on any atom is -0.341 e. The number of hydrogen-bond acceptors (Lipinski definition) is 4. The van der Waals surface area contributed by atoms with Gasteiger partial charge < -0.3 is 9.40 Å². The number of aryl methyl sites for hydroxylation is 1. The molecule has 41 heavy (non-hydrogen) atoms. The molecule has 5 nitrogen and oxygen atoms in total. The largest absolute Gasteiger partial charge is 0.365 e. The molecule has 0 radical (unpaired) electrons. The lowest BCUT2D eigenvalue weighted by Crippen LogP contribution is -2.13. The van der Waals surface area contributed by atoms with Crippen LogP contribution < -0.4 is 0 Å². The van der Waals surface area contributed by atoms with Crippen molar-refractivity contribution in [2.75, 3.05) is 0 Å². The Kier molecular flexibility index (Phi) is 9.25. The average Bonchev–Trinajstić information content (AvgIpc) is 3.34. The molecule has 210 valence electrons. The molecule has 0 spiro atoms. The van der Waals surface area contributed by atoms with Gasteiger partial charge in [0.15, 0.2) is 5.78 Å². The normalized spacial score (nSPS) is 15.1.